The highest BCUT2D eigenvalue weighted by Gasteiger charge is 2.13. The van der Waals surface area contributed by atoms with Gasteiger partial charge in [-0.2, -0.15) is 4.99 Å². The molecule has 26 heavy (non-hydrogen) atoms. The second-order valence-electron chi connectivity index (χ2n) is 5.63. The van der Waals surface area contributed by atoms with Gasteiger partial charge in [-0.1, -0.05) is 35.1 Å². The topological polar surface area (TPSA) is 64.6 Å². The van der Waals surface area contributed by atoms with Gasteiger partial charge in [0.05, 0.1) is 15.6 Å². The van der Waals surface area contributed by atoms with Gasteiger partial charge in [-0.3, -0.25) is 9.59 Å². The maximum absolute atomic E-state index is 12.6. The first-order valence-corrected chi connectivity index (χ1v) is 9.17. The van der Waals surface area contributed by atoms with Crippen LogP contribution >= 0.6 is 22.9 Å². The summed E-state index contributed by atoms with van der Waals surface area (Å²) in [5.74, 6) is -0.667. The average Bonchev–Trinajstić information content (AvgIpc) is 2.97. The number of fused-ring (bicyclic) bond motifs is 2. The highest BCUT2D eigenvalue weighted by atomic mass is 35.5. The summed E-state index contributed by atoms with van der Waals surface area (Å²) in [5.41, 5.74) is 1.05. The molecule has 0 aliphatic rings. The van der Waals surface area contributed by atoms with E-state index in [2.05, 4.69) is 4.99 Å². The van der Waals surface area contributed by atoms with Crippen LogP contribution in [-0.2, 0) is 6.54 Å². The molecule has 0 aliphatic heterocycles. The fourth-order valence-corrected chi connectivity index (χ4v) is 4.16. The Bertz CT molecular complexity index is 1280. The molecule has 7 heteroatoms. The van der Waals surface area contributed by atoms with Crippen molar-refractivity contribution in [2.45, 2.75) is 13.5 Å². The van der Waals surface area contributed by atoms with Gasteiger partial charge in [0.25, 0.3) is 0 Å². The molecule has 2 heterocycles. The van der Waals surface area contributed by atoms with Crippen molar-refractivity contribution in [1.82, 2.24) is 4.57 Å². The van der Waals surface area contributed by atoms with Crippen LogP contribution in [-0.4, -0.2) is 10.5 Å². The van der Waals surface area contributed by atoms with E-state index in [0.29, 0.717) is 27.3 Å². The quantitative estimate of drug-likeness (QED) is 0.519. The summed E-state index contributed by atoms with van der Waals surface area (Å²) in [6.07, 6.45) is 0. The summed E-state index contributed by atoms with van der Waals surface area (Å²) < 4.78 is 8.43. The lowest BCUT2D eigenvalue weighted by atomic mass is 10.2. The summed E-state index contributed by atoms with van der Waals surface area (Å²) in [6.45, 7) is 2.62. The van der Waals surface area contributed by atoms with Crippen molar-refractivity contribution < 1.29 is 9.21 Å². The lowest BCUT2D eigenvalue weighted by Crippen LogP contribution is -2.16. The van der Waals surface area contributed by atoms with Gasteiger partial charge in [0.2, 0.25) is 0 Å². The number of carbonyl (C=O) groups is 1. The van der Waals surface area contributed by atoms with E-state index in [1.165, 1.54) is 17.4 Å². The summed E-state index contributed by atoms with van der Waals surface area (Å²) in [4.78, 5) is 29.5. The summed E-state index contributed by atoms with van der Waals surface area (Å²) >= 11 is 7.41. The zero-order valence-electron chi connectivity index (χ0n) is 13.7. The maximum atomic E-state index is 12.6. The molecular weight excluding hydrogens is 372 g/mol. The van der Waals surface area contributed by atoms with Crippen LogP contribution in [0.1, 0.15) is 17.5 Å². The molecule has 0 saturated carbocycles. The molecule has 5 nitrogen and oxygen atoms in total. The Morgan fingerprint density at radius 2 is 2.04 bits per heavy atom. The number of thiazole rings is 1. The van der Waals surface area contributed by atoms with Gasteiger partial charge in [0, 0.05) is 17.6 Å². The van der Waals surface area contributed by atoms with Gasteiger partial charge >= 0.3 is 5.91 Å². The molecule has 1 amide bonds. The predicted molar refractivity (Wildman–Crippen MR) is 103 cm³/mol. The first-order valence-electron chi connectivity index (χ1n) is 7.97. The van der Waals surface area contributed by atoms with Crippen molar-refractivity contribution in [3.63, 3.8) is 0 Å². The monoisotopic (exact) mass is 384 g/mol. The van der Waals surface area contributed by atoms with Crippen LogP contribution in [0.5, 0.6) is 0 Å². The Balaban J connectivity index is 1.87. The van der Waals surface area contributed by atoms with Crippen molar-refractivity contribution >= 4 is 50.0 Å². The highest BCUT2D eigenvalue weighted by molar-refractivity contribution is 7.16. The van der Waals surface area contributed by atoms with Crippen molar-refractivity contribution in [2.24, 2.45) is 4.99 Å². The van der Waals surface area contributed by atoms with Gasteiger partial charge in [0.15, 0.2) is 16.0 Å². The van der Waals surface area contributed by atoms with Crippen LogP contribution in [0.4, 0.5) is 0 Å². The molecule has 0 unspecified atom stereocenters. The van der Waals surface area contributed by atoms with Crippen LogP contribution in [0.15, 0.2) is 62.7 Å². The summed E-state index contributed by atoms with van der Waals surface area (Å²) in [7, 11) is 0. The minimum Gasteiger partial charge on any atom is -0.451 e. The van der Waals surface area contributed by atoms with Gasteiger partial charge in [-0.05, 0) is 37.3 Å². The van der Waals surface area contributed by atoms with E-state index in [9.17, 15) is 9.59 Å². The number of hydrogen-bond donors (Lipinski definition) is 0. The number of nitrogens with zero attached hydrogens (tertiary/aromatic N) is 2. The maximum Gasteiger partial charge on any atom is 0.315 e. The number of aryl methyl sites for hydroxylation is 1. The minimum absolute atomic E-state index is 0.0770. The number of amides is 1. The van der Waals surface area contributed by atoms with Crippen LogP contribution in [0.3, 0.4) is 0 Å². The van der Waals surface area contributed by atoms with E-state index in [-0.39, 0.29) is 11.2 Å². The Kier molecular flexibility index (Phi) is 4.22. The van der Waals surface area contributed by atoms with Crippen molar-refractivity contribution in [3.05, 3.63) is 74.3 Å². The van der Waals surface area contributed by atoms with Crippen molar-refractivity contribution in [3.8, 4) is 0 Å². The molecule has 0 aliphatic carbocycles. The molecule has 0 bridgehead atoms. The van der Waals surface area contributed by atoms with E-state index >= 15 is 0 Å². The number of carbonyl (C=O) groups excluding carboxylic acids is 1. The van der Waals surface area contributed by atoms with Crippen molar-refractivity contribution in [1.29, 1.82) is 0 Å². The number of rotatable bonds is 2. The van der Waals surface area contributed by atoms with Gasteiger partial charge < -0.3 is 8.98 Å². The smallest absolute Gasteiger partial charge is 0.315 e. The van der Waals surface area contributed by atoms with Crippen LogP contribution in [0.2, 0.25) is 5.02 Å². The number of para-hydroxylation sites is 1. The lowest BCUT2D eigenvalue weighted by molar-refractivity contribution is 0.0972. The molecule has 130 valence electrons. The standard InChI is InChI=1S/C19H13ClN2O3S/c1-2-22-13-8-7-11(20)9-17(13)26-19(22)21-18(24)16-10-14(23)12-5-3-4-6-15(12)25-16/h3-10H,2H2,1H3. The fraction of sp³-hybridized carbons (Fsp3) is 0.105. The predicted octanol–water partition coefficient (Wildman–Crippen LogP) is 4.22. The van der Waals surface area contributed by atoms with Crippen LogP contribution < -0.4 is 10.2 Å². The van der Waals surface area contributed by atoms with Gasteiger partial charge in [0.1, 0.15) is 5.58 Å². The summed E-state index contributed by atoms with van der Waals surface area (Å²) in [5, 5.41) is 1.06. The Morgan fingerprint density at radius 3 is 2.85 bits per heavy atom. The SMILES string of the molecule is CCn1c(=NC(=O)c2cc(=O)c3ccccc3o2)sc2cc(Cl)ccc21. The van der Waals surface area contributed by atoms with Gasteiger partial charge in [-0.25, -0.2) is 0 Å². The second-order valence-corrected chi connectivity index (χ2v) is 7.07. The third-order valence-corrected chi connectivity index (χ3v) is 5.28. The van der Waals surface area contributed by atoms with Crippen LogP contribution in [0.25, 0.3) is 21.2 Å². The molecule has 4 aromatic rings. The third kappa shape index (κ3) is 2.87. The molecule has 0 radical (unpaired) electrons. The van der Waals surface area contributed by atoms with E-state index in [4.69, 9.17) is 16.0 Å². The first kappa shape index (κ1) is 16.8. The molecule has 4 rings (SSSR count). The zero-order chi connectivity index (χ0) is 18.3. The summed E-state index contributed by atoms with van der Waals surface area (Å²) in [6, 6.07) is 13.5. The molecule has 0 fully saturated rings. The van der Waals surface area contributed by atoms with E-state index in [1.54, 1.807) is 30.3 Å². The number of hydrogen-bond acceptors (Lipinski definition) is 4. The highest BCUT2D eigenvalue weighted by Crippen LogP contribution is 2.22. The normalized spacial score (nSPS) is 12.2. The number of benzene rings is 2. The Hall–Kier alpha value is -2.70. The second kappa shape index (κ2) is 6.55. The van der Waals surface area contributed by atoms with E-state index < -0.39 is 5.91 Å². The lowest BCUT2D eigenvalue weighted by Gasteiger charge is -2.01. The molecule has 0 atom stereocenters. The van der Waals surface area contributed by atoms with Crippen LogP contribution in [0, 0.1) is 0 Å². The number of aromatic nitrogens is 1. The fourth-order valence-electron chi connectivity index (χ4n) is 2.79. The molecule has 0 spiro atoms. The molecule has 2 aromatic heterocycles. The molecular formula is C19H13ClN2O3S. The molecule has 0 saturated heterocycles. The van der Waals surface area contributed by atoms with Crippen molar-refractivity contribution in [2.75, 3.05) is 0 Å². The first-order chi connectivity index (χ1) is 12.6. The third-order valence-electron chi connectivity index (χ3n) is 4.00. The van der Waals surface area contributed by atoms with E-state index in [0.717, 1.165) is 10.2 Å². The minimum atomic E-state index is -0.590. The molecule has 2 aromatic carbocycles. The molecule has 0 N–H and O–H groups in total. The Labute approximate surface area is 156 Å². The largest absolute Gasteiger partial charge is 0.451 e. The van der Waals surface area contributed by atoms with E-state index in [1.807, 2.05) is 23.6 Å². The van der Waals surface area contributed by atoms with Gasteiger partial charge in [-0.15, -0.1) is 0 Å². The average molecular weight is 385 g/mol. The zero-order valence-corrected chi connectivity index (χ0v) is 15.3. The Morgan fingerprint density at radius 1 is 1.23 bits per heavy atom. The number of halogens is 1.